The van der Waals surface area contributed by atoms with Crippen LogP contribution in [0.2, 0.25) is 0 Å². The van der Waals surface area contributed by atoms with Gasteiger partial charge in [-0.05, 0) is 26.1 Å². The number of carbonyl (C=O) groups excluding carboxylic acids is 2. The Morgan fingerprint density at radius 1 is 1.38 bits per heavy atom. The number of Topliss-reactive ketones (excluding diaryl/α,β-unsaturated/α-hetero) is 1. The van der Waals surface area contributed by atoms with Crippen LogP contribution in [0.1, 0.15) is 13.8 Å². The second-order valence-electron chi connectivity index (χ2n) is 2.71. The van der Waals surface area contributed by atoms with E-state index in [1.165, 1.54) is 0 Å². The molecule has 0 aromatic rings. The third kappa shape index (κ3) is 1.93. The molecule has 0 bridgehead atoms. The highest BCUT2D eigenvalue weighted by atomic mass is 16.4. The number of carbonyl (C=O) groups is 3. The van der Waals surface area contributed by atoms with Gasteiger partial charge in [-0.25, -0.2) is 0 Å². The van der Waals surface area contributed by atoms with E-state index in [4.69, 9.17) is 10.8 Å². The molecule has 13 heavy (non-hydrogen) atoms. The molecule has 72 valence electrons. The Balaban J connectivity index is 5.14. The molecule has 0 amide bonds. The molecule has 5 heteroatoms. The molecule has 0 saturated heterocycles. The van der Waals surface area contributed by atoms with Gasteiger partial charge in [0.1, 0.15) is 0 Å². The minimum atomic E-state index is -2.02. The lowest BCUT2D eigenvalue weighted by atomic mass is 9.82. The van der Waals surface area contributed by atoms with E-state index in [0.717, 1.165) is 26.1 Å². The molecule has 0 saturated carbocycles. The lowest BCUT2D eigenvalue weighted by Crippen LogP contribution is -2.41. The number of carboxylic acid groups (broad SMARTS) is 1. The first-order valence-electron chi connectivity index (χ1n) is 3.54. The van der Waals surface area contributed by atoms with E-state index in [9.17, 15) is 14.4 Å². The first-order valence-corrected chi connectivity index (χ1v) is 3.54. The summed E-state index contributed by atoms with van der Waals surface area (Å²) in [4.78, 5) is 32.8. The molecule has 3 N–H and O–H groups in total. The molecule has 0 aliphatic carbocycles. The van der Waals surface area contributed by atoms with Gasteiger partial charge < -0.3 is 10.8 Å². The second-order valence-corrected chi connectivity index (χ2v) is 2.71. The number of hydrogen-bond acceptors (Lipinski definition) is 4. The highest BCUT2D eigenvalue weighted by molar-refractivity contribution is 6.23. The molecule has 0 spiro atoms. The van der Waals surface area contributed by atoms with Crippen molar-refractivity contribution < 1.29 is 19.5 Å². The summed E-state index contributed by atoms with van der Waals surface area (Å²) in [5.41, 5.74) is 2.90. The third-order valence-electron chi connectivity index (χ3n) is 1.87. The maximum Gasteiger partial charge on any atom is 0.324 e. The minimum Gasteiger partial charge on any atom is -0.480 e. The van der Waals surface area contributed by atoms with E-state index < -0.39 is 23.0 Å². The first-order chi connectivity index (χ1) is 5.87. The first kappa shape index (κ1) is 11.4. The Morgan fingerprint density at radius 2 is 1.85 bits per heavy atom. The quantitative estimate of drug-likeness (QED) is 0.463. The topological polar surface area (TPSA) is 97.5 Å². The summed E-state index contributed by atoms with van der Waals surface area (Å²) < 4.78 is 0. The van der Waals surface area contributed by atoms with Gasteiger partial charge >= 0.3 is 5.97 Å². The van der Waals surface area contributed by atoms with Crippen molar-refractivity contribution >= 4 is 17.5 Å². The summed E-state index contributed by atoms with van der Waals surface area (Å²) in [6, 6.07) is 0. The van der Waals surface area contributed by atoms with Crippen molar-refractivity contribution in [3.05, 3.63) is 12.3 Å². The maximum atomic E-state index is 11.2. The van der Waals surface area contributed by atoms with Crippen LogP contribution in [0.4, 0.5) is 0 Å². The van der Waals surface area contributed by atoms with Crippen LogP contribution in [-0.2, 0) is 14.4 Å². The van der Waals surface area contributed by atoms with Crippen LogP contribution < -0.4 is 5.73 Å². The number of carboxylic acids is 1. The van der Waals surface area contributed by atoms with Crippen LogP contribution in [0.3, 0.4) is 0 Å². The molecule has 5 nitrogen and oxygen atoms in total. The monoisotopic (exact) mass is 185 g/mol. The van der Waals surface area contributed by atoms with Gasteiger partial charge in [0.15, 0.2) is 17.0 Å². The summed E-state index contributed by atoms with van der Waals surface area (Å²) in [7, 11) is 0. The van der Waals surface area contributed by atoms with Crippen molar-refractivity contribution in [2.24, 2.45) is 11.1 Å². The highest BCUT2D eigenvalue weighted by Crippen LogP contribution is 2.20. The van der Waals surface area contributed by atoms with Crippen molar-refractivity contribution in [3.63, 3.8) is 0 Å². The van der Waals surface area contributed by atoms with Crippen LogP contribution in [0.5, 0.6) is 0 Å². The molecular weight excluding hydrogens is 174 g/mol. The van der Waals surface area contributed by atoms with E-state index in [0.29, 0.717) is 0 Å². The van der Waals surface area contributed by atoms with Gasteiger partial charge in [0, 0.05) is 0 Å². The lowest BCUT2D eigenvalue weighted by Gasteiger charge is -2.17. The van der Waals surface area contributed by atoms with Crippen LogP contribution >= 0.6 is 0 Å². The predicted octanol–water partition coefficient (Wildman–Crippen LogP) is -0.292. The molecule has 0 radical (unpaired) electrons. The lowest BCUT2D eigenvalue weighted by molar-refractivity contribution is -0.156. The third-order valence-corrected chi connectivity index (χ3v) is 1.87. The smallest absolute Gasteiger partial charge is 0.324 e. The van der Waals surface area contributed by atoms with Gasteiger partial charge in [0.25, 0.3) is 0 Å². The summed E-state index contributed by atoms with van der Waals surface area (Å²) in [6.45, 7) is 2.11. The highest BCUT2D eigenvalue weighted by Gasteiger charge is 2.44. The van der Waals surface area contributed by atoms with Crippen LogP contribution in [0, 0.1) is 5.41 Å². The fourth-order valence-corrected chi connectivity index (χ4v) is 0.684. The average molecular weight is 185 g/mol. The van der Waals surface area contributed by atoms with Gasteiger partial charge in [0.05, 0.1) is 0 Å². The van der Waals surface area contributed by atoms with Gasteiger partial charge in [-0.2, -0.15) is 0 Å². The number of aliphatic carboxylic acids is 1. The van der Waals surface area contributed by atoms with Crippen molar-refractivity contribution in [1.82, 2.24) is 0 Å². The number of hydrogen-bond donors (Lipinski definition) is 2. The van der Waals surface area contributed by atoms with E-state index in [1.54, 1.807) is 0 Å². The van der Waals surface area contributed by atoms with Crippen molar-refractivity contribution in [3.8, 4) is 0 Å². The van der Waals surface area contributed by atoms with Crippen molar-refractivity contribution in [2.75, 3.05) is 0 Å². The molecule has 0 aromatic heterocycles. The Labute approximate surface area is 75.2 Å². The molecule has 0 rings (SSSR count). The molecular formula is C8H11NO4. The minimum absolute atomic E-state index is 0.719. The van der Waals surface area contributed by atoms with Gasteiger partial charge in [0.2, 0.25) is 0 Å². The largest absolute Gasteiger partial charge is 0.480 e. The van der Waals surface area contributed by atoms with E-state index in [2.05, 4.69) is 0 Å². The number of nitrogens with two attached hydrogens (primary N) is 1. The van der Waals surface area contributed by atoms with Crippen molar-refractivity contribution in [2.45, 2.75) is 13.8 Å². The maximum absolute atomic E-state index is 11.2. The summed E-state index contributed by atoms with van der Waals surface area (Å²) in [6.07, 6.45) is 1.78. The molecule has 1 unspecified atom stereocenters. The fraction of sp³-hybridized carbons (Fsp3) is 0.375. The molecule has 1 atom stereocenters. The normalized spacial score (nSPS) is 15.2. The SMILES string of the molecule is CC(=O)C(C)(C(=O)O)C(=O)C=CN. The Kier molecular flexibility index (Phi) is 3.35. The number of rotatable bonds is 4. The van der Waals surface area contributed by atoms with Gasteiger partial charge in [-0.15, -0.1) is 0 Å². The zero-order valence-electron chi connectivity index (χ0n) is 7.40. The Morgan fingerprint density at radius 3 is 2.08 bits per heavy atom. The van der Waals surface area contributed by atoms with Crippen LogP contribution in [-0.4, -0.2) is 22.6 Å². The Hall–Kier alpha value is -1.65. The fourth-order valence-electron chi connectivity index (χ4n) is 0.684. The summed E-state index contributed by atoms with van der Waals surface area (Å²) >= 11 is 0. The molecule has 0 fully saturated rings. The zero-order chi connectivity index (χ0) is 10.6. The molecule has 0 aliphatic heterocycles. The molecule has 0 aromatic carbocycles. The zero-order valence-corrected chi connectivity index (χ0v) is 7.40. The summed E-state index contributed by atoms with van der Waals surface area (Å²) in [5, 5.41) is 8.68. The Bertz CT molecular complexity index is 266. The van der Waals surface area contributed by atoms with Crippen LogP contribution in [0.25, 0.3) is 0 Å². The van der Waals surface area contributed by atoms with Gasteiger partial charge in [-0.3, -0.25) is 14.4 Å². The molecule has 0 heterocycles. The number of ketones is 2. The van der Waals surface area contributed by atoms with Gasteiger partial charge in [-0.1, -0.05) is 0 Å². The van der Waals surface area contributed by atoms with E-state index in [-0.39, 0.29) is 0 Å². The van der Waals surface area contributed by atoms with E-state index in [1.807, 2.05) is 0 Å². The van der Waals surface area contributed by atoms with Crippen molar-refractivity contribution in [1.29, 1.82) is 0 Å². The second kappa shape index (κ2) is 3.84. The van der Waals surface area contributed by atoms with E-state index >= 15 is 0 Å². The molecule has 0 aliphatic rings. The summed E-state index contributed by atoms with van der Waals surface area (Å²) in [5.74, 6) is -3.01. The average Bonchev–Trinajstić information content (AvgIpc) is 2.02. The van der Waals surface area contributed by atoms with Crippen LogP contribution in [0.15, 0.2) is 12.3 Å². The predicted molar refractivity (Wildman–Crippen MR) is 44.8 cm³/mol. The number of allylic oxidation sites excluding steroid dienone is 1. The standard InChI is InChI=1S/C8H11NO4/c1-5(10)8(2,7(12)13)6(11)3-4-9/h3-4H,9H2,1-2H3,(H,12,13).